The number of halogens is 1. The van der Waals surface area contributed by atoms with Gasteiger partial charge in [-0.15, -0.1) is 0 Å². The Morgan fingerprint density at radius 2 is 2.20 bits per heavy atom. The molecule has 4 nitrogen and oxygen atoms in total. The molecule has 0 fully saturated rings. The Labute approximate surface area is 116 Å². The summed E-state index contributed by atoms with van der Waals surface area (Å²) in [4.78, 5) is 4.06. The molecule has 2 aromatic rings. The maximum absolute atomic E-state index is 13.6. The number of benzene rings is 1. The van der Waals surface area contributed by atoms with E-state index < -0.39 is 11.9 Å². The molecule has 0 radical (unpaired) electrons. The predicted molar refractivity (Wildman–Crippen MR) is 70.7 cm³/mol. The zero-order valence-electron chi connectivity index (χ0n) is 10.9. The summed E-state index contributed by atoms with van der Waals surface area (Å²) >= 11 is 0. The second-order valence-electron chi connectivity index (χ2n) is 4.20. The van der Waals surface area contributed by atoms with Gasteiger partial charge in [0, 0.05) is 0 Å². The van der Waals surface area contributed by atoms with Gasteiger partial charge in [0.1, 0.15) is 5.75 Å². The molecule has 102 valence electrons. The molecule has 0 aliphatic rings. The van der Waals surface area contributed by atoms with E-state index >= 15 is 0 Å². The van der Waals surface area contributed by atoms with E-state index in [2.05, 4.69) is 4.98 Å². The molecule has 20 heavy (non-hydrogen) atoms. The summed E-state index contributed by atoms with van der Waals surface area (Å²) in [6.07, 6.45) is 1.37. The second-order valence-corrected chi connectivity index (χ2v) is 4.20. The molecular weight excluding hydrogens is 259 g/mol. The van der Waals surface area contributed by atoms with Crippen molar-refractivity contribution < 1.29 is 14.2 Å². The van der Waals surface area contributed by atoms with Crippen molar-refractivity contribution in [2.45, 2.75) is 19.4 Å². The van der Waals surface area contributed by atoms with Gasteiger partial charge in [-0.1, -0.05) is 6.92 Å². The SMILES string of the molecule is CC[C@H](O)c1ccc(Oc2ccc(C#N)cc2F)cn1. The summed E-state index contributed by atoms with van der Waals surface area (Å²) in [6.45, 7) is 1.85. The van der Waals surface area contributed by atoms with Gasteiger partial charge in [0.2, 0.25) is 0 Å². The highest BCUT2D eigenvalue weighted by molar-refractivity contribution is 5.38. The van der Waals surface area contributed by atoms with Crippen LogP contribution in [-0.4, -0.2) is 10.1 Å². The molecule has 0 aliphatic carbocycles. The van der Waals surface area contributed by atoms with Crippen LogP contribution in [0.3, 0.4) is 0 Å². The van der Waals surface area contributed by atoms with Gasteiger partial charge < -0.3 is 9.84 Å². The molecule has 5 heteroatoms. The Kier molecular flexibility index (Phi) is 4.28. The second kappa shape index (κ2) is 6.13. The lowest BCUT2D eigenvalue weighted by atomic mass is 10.2. The fraction of sp³-hybridized carbons (Fsp3) is 0.200. The number of aromatic nitrogens is 1. The molecule has 1 aromatic carbocycles. The molecule has 0 bridgehead atoms. The van der Waals surface area contributed by atoms with Gasteiger partial charge in [-0.2, -0.15) is 5.26 Å². The molecule has 0 amide bonds. The van der Waals surface area contributed by atoms with Gasteiger partial charge in [0.25, 0.3) is 0 Å². The summed E-state index contributed by atoms with van der Waals surface area (Å²) in [6, 6.07) is 9.06. The van der Waals surface area contributed by atoms with Crippen LogP contribution in [0.2, 0.25) is 0 Å². The van der Waals surface area contributed by atoms with E-state index in [1.54, 1.807) is 12.1 Å². The van der Waals surface area contributed by atoms with E-state index in [-0.39, 0.29) is 11.3 Å². The first kappa shape index (κ1) is 14.0. The highest BCUT2D eigenvalue weighted by Crippen LogP contribution is 2.25. The maximum atomic E-state index is 13.6. The average molecular weight is 272 g/mol. The van der Waals surface area contributed by atoms with Gasteiger partial charge in [-0.3, -0.25) is 4.98 Å². The number of nitrogens with zero attached hydrogens (tertiary/aromatic N) is 2. The molecule has 1 N–H and O–H groups in total. The number of aliphatic hydroxyl groups is 1. The van der Waals surface area contributed by atoms with Crippen LogP contribution in [-0.2, 0) is 0 Å². The van der Waals surface area contributed by atoms with Gasteiger partial charge in [-0.05, 0) is 36.8 Å². The quantitative estimate of drug-likeness (QED) is 0.927. The molecule has 0 saturated heterocycles. The summed E-state index contributed by atoms with van der Waals surface area (Å²) in [7, 11) is 0. The summed E-state index contributed by atoms with van der Waals surface area (Å²) < 4.78 is 19.0. The molecule has 0 aliphatic heterocycles. The first-order valence-electron chi connectivity index (χ1n) is 6.15. The van der Waals surface area contributed by atoms with Crippen molar-refractivity contribution >= 4 is 0 Å². The lowest BCUT2D eigenvalue weighted by Crippen LogP contribution is -1.98. The van der Waals surface area contributed by atoms with E-state index in [1.807, 2.05) is 13.0 Å². The molecular formula is C15H13FN2O2. The largest absolute Gasteiger partial charge is 0.453 e. The molecule has 0 unspecified atom stereocenters. The van der Waals surface area contributed by atoms with Crippen LogP contribution >= 0.6 is 0 Å². The molecule has 0 saturated carbocycles. The normalized spacial score (nSPS) is 11.7. The van der Waals surface area contributed by atoms with E-state index in [4.69, 9.17) is 10.00 Å². The number of pyridine rings is 1. The van der Waals surface area contributed by atoms with Crippen LogP contribution in [0.4, 0.5) is 4.39 Å². The highest BCUT2D eigenvalue weighted by atomic mass is 19.1. The Hall–Kier alpha value is -2.45. The lowest BCUT2D eigenvalue weighted by Gasteiger charge is -2.09. The first-order valence-corrected chi connectivity index (χ1v) is 6.15. The van der Waals surface area contributed by atoms with Crippen molar-refractivity contribution in [3.8, 4) is 17.6 Å². The Balaban J connectivity index is 2.16. The third-order valence-corrected chi connectivity index (χ3v) is 2.78. The lowest BCUT2D eigenvalue weighted by molar-refractivity contribution is 0.169. The monoisotopic (exact) mass is 272 g/mol. The minimum atomic E-state index is -0.615. The number of ether oxygens (including phenoxy) is 1. The van der Waals surface area contributed by atoms with Gasteiger partial charge in [0.05, 0.1) is 29.6 Å². The van der Waals surface area contributed by atoms with E-state index in [0.717, 1.165) is 6.07 Å². The van der Waals surface area contributed by atoms with Crippen LogP contribution in [0.1, 0.15) is 30.7 Å². The number of hydrogen-bond acceptors (Lipinski definition) is 4. The van der Waals surface area contributed by atoms with Crippen molar-refractivity contribution in [1.29, 1.82) is 5.26 Å². The molecule has 0 spiro atoms. The highest BCUT2D eigenvalue weighted by Gasteiger charge is 2.09. The van der Waals surface area contributed by atoms with Crippen molar-refractivity contribution in [1.82, 2.24) is 4.98 Å². The summed E-state index contributed by atoms with van der Waals surface area (Å²) in [5, 5.41) is 18.3. The molecule has 2 rings (SSSR count). The van der Waals surface area contributed by atoms with Gasteiger partial charge in [0.15, 0.2) is 11.6 Å². The van der Waals surface area contributed by atoms with Crippen LogP contribution in [0.5, 0.6) is 11.5 Å². The minimum absolute atomic E-state index is 0.0228. The Bertz CT molecular complexity index is 635. The summed E-state index contributed by atoms with van der Waals surface area (Å²) in [5.41, 5.74) is 0.773. The van der Waals surface area contributed by atoms with Crippen LogP contribution in [0, 0.1) is 17.1 Å². The molecule has 1 heterocycles. The Morgan fingerprint density at radius 3 is 2.75 bits per heavy atom. The fourth-order valence-corrected chi connectivity index (χ4v) is 1.64. The zero-order valence-corrected chi connectivity index (χ0v) is 10.9. The third kappa shape index (κ3) is 3.11. The van der Waals surface area contributed by atoms with Crippen LogP contribution < -0.4 is 4.74 Å². The van der Waals surface area contributed by atoms with E-state index in [1.165, 1.54) is 18.3 Å². The van der Waals surface area contributed by atoms with Crippen molar-refractivity contribution in [2.75, 3.05) is 0 Å². The first-order chi connectivity index (χ1) is 9.63. The summed E-state index contributed by atoms with van der Waals surface area (Å²) in [5.74, 6) is -0.225. The fourth-order valence-electron chi connectivity index (χ4n) is 1.64. The number of aliphatic hydroxyl groups excluding tert-OH is 1. The average Bonchev–Trinajstić information content (AvgIpc) is 2.49. The topological polar surface area (TPSA) is 66.1 Å². The van der Waals surface area contributed by atoms with Crippen LogP contribution in [0.25, 0.3) is 0 Å². The van der Waals surface area contributed by atoms with Crippen molar-refractivity contribution in [3.63, 3.8) is 0 Å². The van der Waals surface area contributed by atoms with Crippen LogP contribution in [0.15, 0.2) is 36.5 Å². The van der Waals surface area contributed by atoms with E-state index in [0.29, 0.717) is 17.9 Å². The molecule has 1 aromatic heterocycles. The standard InChI is InChI=1S/C15H13FN2O2/c1-2-14(19)13-5-4-11(9-18-13)20-15-6-3-10(8-17)7-12(15)16/h3-7,9,14,19H,2H2,1H3/t14-/m0/s1. The number of hydrogen-bond donors (Lipinski definition) is 1. The van der Waals surface area contributed by atoms with Crippen molar-refractivity contribution in [3.05, 3.63) is 53.6 Å². The maximum Gasteiger partial charge on any atom is 0.167 e. The van der Waals surface area contributed by atoms with Gasteiger partial charge in [-0.25, -0.2) is 4.39 Å². The molecule has 1 atom stereocenters. The van der Waals surface area contributed by atoms with Crippen molar-refractivity contribution in [2.24, 2.45) is 0 Å². The Morgan fingerprint density at radius 1 is 1.40 bits per heavy atom. The smallest absolute Gasteiger partial charge is 0.167 e. The number of nitriles is 1. The van der Waals surface area contributed by atoms with Gasteiger partial charge >= 0.3 is 0 Å². The number of rotatable bonds is 4. The minimum Gasteiger partial charge on any atom is -0.453 e. The van der Waals surface area contributed by atoms with E-state index in [9.17, 15) is 9.50 Å². The zero-order chi connectivity index (χ0) is 14.5. The third-order valence-electron chi connectivity index (χ3n) is 2.78. The predicted octanol–water partition coefficient (Wildman–Crippen LogP) is 3.33.